The second-order valence-corrected chi connectivity index (χ2v) is 6.30. The van der Waals surface area contributed by atoms with Gasteiger partial charge in [0.2, 0.25) is 0 Å². The molecule has 0 aliphatic carbocycles. The molecule has 0 spiro atoms. The fourth-order valence-electron chi connectivity index (χ4n) is 2.89. The highest BCUT2D eigenvalue weighted by Gasteiger charge is 2.29. The summed E-state index contributed by atoms with van der Waals surface area (Å²) in [5.74, 6) is 0.367. The van der Waals surface area contributed by atoms with Gasteiger partial charge in [-0.2, -0.15) is 13.2 Å². The molecule has 3 rings (SSSR count). The minimum absolute atomic E-state index is 0.367. The van der Waals surface area contributed by atoms with Gasteiger partial charge in [-0.15, -0.1) is 0 Å². The summed E-state index contributed by atoms with van der Waals surface area (Å²) in [6.07, 6.45) is -3.39. The van der Waals surface area contributed by atoms with E-state index in [9.17, 15) is 13.2 Å². The second kappa shape index (κ2) is 7.18. The van der Waals surface area contributed by atoms with E-state index in [0.29, 0.717) is 18.2 Å². The van der Waals surface area contributed by atoms with Gasteiger partial charge in [0, 0.05) is 12.2 Å². The summed E-state index contributed by atoms with van der Waals surface area (Å²) in [6.45, 7) is 2.87. The van der Waals surface area contributed by atoms with Crippen molar-refractivity contribution >= 4 is 16.5 Å². The van der Waals surface area contributed by atoms with Crippen LogP contribution in [0.25, 0.3) is 10.8 Å². The molecule has 1 N–H and O–H groups in total. The summed E-state index contributed by atoms with van der Waals surface area (Å²) >= 11 is 0. The molecule has 0 aliphatic heterocycles. The van der Waals surface area contributed by atoms with Crippen molar-refractivity contribution in [2.75, 3.05) is 11.9 Å². The molecule has 0 fully saturated rings. The highest BCUT2D eigenvalue weighted by molar-refractivity contribution is 5.83. The Bertz CT molecular complexity index is 838. The first-order valence-corrected chi connectivity index (χ1v) is 8.33. The Morgan fingerprint density at radius 3 is 2.24 bits per heavy atom. The Morgan fingerprint density at radius 1 is 0.880 bits per heavy atom. The van der Waals surface area contributed by atoms with E-state index in [0.717, 1.165) is 18.6 Å². The average Bonchev–Trinajstić information content (AvgIpc) is 2.61. The van der Waals surface area contributed by atoms with Crippen LogP contribution in [0.3, 0.4) is 0 Å². The van der Waals surface area contributed by atoms with Crippen molar-refractivity contribution in [3.63, 3.8) is 0 Å². The van der Waals surface area contributed by atoms with Crippen LogP contribution in [-0.4, -0.2) is 6.54 Å². The van der Waals surface area contributed by atoms with Crippen molar-refractivity contribution in [3.8, 4) is 0 Å². The molecule has 0 saturated heterocycles. The molecule has 3 aromatic rings. The normalized spacial score (nSPS) is 13.0. The van der Waals surface area contributed by atoms with Crippen molar-refractivity contribution in [1.29, 1.82) is 0 Å². The molecule has 3 aromatic carbocycles. The zero-order valence-corrected chi connectivity index (χ0v) is 14.0. The van der Waals surface area contributed by atoms with E-state index in [1.165, 1.54) is 28.5 Å². The predicted octanol–water partition coefficient (Wildman–Crippen LogP) is 6.46. The van der Waals surface area contributed by atoms with E-state index in [1.807, 2.05) is 12.1 Å². The Labute approximate surface area is 145 Å². The van der Waals surface area contributed by atoms with Gasteiger partial charge >= 0.3 is 6.18 Å². The molecule has 1 unspecified atom stereocenters. The SMILES string of the molecule is CC(CCNc1ccc(C(F)(F)F)cc1)c1ccc2ccccc2c1. The van der Waals surface area contributed by atoms with Crippen LogP contribution in [0.4, 0.5) is 18.9 Å². The number of fused-ring (bicyclic) bond motifs is 1. The number of halogens is 3. The lowest BCUT2D eigenvalue weighted by molar-refractivity contribution is -0.137. The van der Waals surface area contributed by atoms with E-state index in [-0.39, 0.29) is 0 Å². The van der Waals surface area contributed by atoms with Crippen LogP contribution in [0, 0.1) is 0 Å². The molecule has 0 heterocycles. The standard InChI is InChI=1S/C21H20F3N/c1-15(17-7-6-16-4-2-3-5-18(16)14-17)12-13-25-20-10-8-19(9-11-20)21(22,23)24/h2-11,14-15,25H,12-13H2,1H3. The number of rotatable bonds is 5. The monoisotopic (exact) mass is 343 g/mol. The maximum Gasteiger partial charge on any atom is 0.416 e. The summed E-state index contributed by atoms with van der Waals surface area (Å²) in [5.41, 5.74) is 1.36. The van der Waals surface area contributed by atoms with Crippen LogP contribution in [0.1, 0.15) is 30.4 Å². The molecule has 0 aromatic heterocycles. The zero-order chi connectivity index (χ0) is 17.9. The van der Waals surface area contributed by atoms with Gasteiger partial charge in [0.15, 0.2) is 0 Å². The number of nitrogens with one attached hydrogen (secondary N) is 1. The van der Waals surface area contributed by atoms with Crippen molar-refractivity contribution in [1.82, 2.24) is 0 Å². The molecule has 1 atom stereocenters. The van der Waals surface area contributed by atoms with E-state index >= 15 is 0 Å². The molecule has 25 heavy (non-hydrogen) atoms. The second-order valence-electron chi connectivity index (χ2n) is 6.30. The van der Waals surface area contributed by atoms with Crippen molar-refractivity contribution in [2.24, 2.45) is 0 Å². The Balaban J connectivity index is 1.57. The smallest absolute Gasteiger partial charge is 0.385 e. The minimum atomic E-state index is -4.29. The summed E-state index contributed by atoms with van der Waals surface area (Å²) < 4.78 is 37.7. The first kappa shape index (κ1) is 17.3. The van der Waals surface area contributed by atoms with Crippen LogP contribution < -0.4 is 5.32 Å². The fraction of sp³-hybridized carbons (Fsp3) is 0.238. The van der Waals surface area contributed by atoms with Gasteiger partial charge < -0.3 is 5.32 Å². The van der Waals surface area contributed by atoms with Gasteiger partial charge in [0.25, 0.3) is 0 Å². The third kappa shape index (κ3) is 4.32. The van der Waals surface area contributed by atoms with Crippen molar-refractivity contribution in [3.05, 3.63) is 77.9 Å². The summed E-state index contributed by atoms with van der Waals surface area (Å²) in [4.78, 5) is 0. The molecule has 0 bridgehead atoms. The highest BCUT2D eigenvalue weighted by Crippen LogP contribution is 2.30. The molecule has 0 aliphatic rings. The Morgan fingerprint density at radius 2 is 1.56 bits per heavy atom. The molecule has 0 saturated carbocycles. The average molecular weight is 343 g/mol. The number of benzene rings is 3. The van der Waals surface area contributed by atoms with Gasteiger partial charge in [-0.05, 0) is 52.9 Å². The lowest BCUT2D eigenvalue weighted by Crippen LogP contribution is -2.07. The van der Waals surface area contributed by atoms with Crippen LogP contribution in [0.15, 0.2) is 66.7 Å². The van der Waals surface area contributed by atoms with Gasteiger partial charge in [-0.3, -0.25) is 0 Å². The summed E-state index contributed by atoms with van der Waals surface area (Å²) in [7, 11) is 0. The minimum Gasteiger partial charge on any atom is -0.385 e. The quantitative estimate of drug-likeness (QED) is 0.560. The molecular formula is C21H20F3N. The van der Waals surface area contributed by atoms with Crippen LogP contribution in [-0.2, 0) is 6.18 Å². The maximum atomic E-state index is 12.6. The van der Waals surface area contributed by atoms with E-state index in [4.69, 9.17) is 0 Å². The molecule has 4 heteroatoms. The number of alkyl halides is 3. The van der Waals surface area contributed by atoms with Crippen LogP contribution in [0.2, 0.25) is 0 Å². The fourth-order valence-corrected chi connectivity index (χ4v) is 2.89. The largest absolute Gasteiger partial charge is 0.416 e. The van der Waals surface area contributed by atoms with Crippen LogP contribution in [0.5, 0.6) is 0 Å². The Kier molecular flexibility index (Phi) is 4.98. The van der Waals surface area contributed by atoms with Gasteiger partial charge in [-0.1, -0.05) is 49.4 Å². The van der Waals surface area contributed by atoms with E-state index in [1.54, 1.807) is 0 Å². The van der Waals surface area contributed by atoms with Crippen LogP contribution >= 0.6 is 0 Å². The molecule has 0 radical (unpaired) electrons. The van der Waals surface area contributed by atoms with Crippen molar-refractivity contribution < 1.29 is 13.2 Å². The molecule has 0 amide bonds. The first-order chi connectivity index (χ1) is 11.9. The van der Waals surface area contributed by atoms with E-state index in [2.05, 4.69) is 42.6 Å². The van der Waals surface area contributed by atoms with Gasteiger partial charge in [0.05, 0.1) is 5.56 Å². The Hall–Kier alpha value is -2.49. The third-order valence-corrected chi connectivity index (χ3v) is 4.46. The van der Waals surface area contributed by atoms with Gasteiger partial charge in [-0.25, -0.2) is 0 Å². The predicted molar refractivity (Wildman–Crippen MR) is 96.9 cm³/mol. The van der Waals surface area contributed by atoms with Gasteiger partial charge in [0.1, 0.15) is 0 Å². The van der Waals surface area contributed by atoms with Crippen molar-refractivity contribution in [2.45, 2.75) is 25.4 Å². The zero-order valence-electron chi connectivity index (χ0n) is 14.0. The van der Waals surface area contributed by atoms with E-state index < -0.39 is 11.7 Å². The maximum absolute atomic E-state index is 12.6. The number of hydrogen-bond acceptors (Lipinski definition) is 1. The summed E-state index contributed by atoms with van der Waals surface area (Å²) in [6, 6.07) is 19.9. The number of anilines is 1. The number of hydrogen-bond donors (Lipinski definition) is 1. The molecule has 1 nitrogen and oxygen atoms in total. The highest BCUT2D eigenvalue weighted by atomic mass is 19.4. The third-order valence-electron chi connectivity index (χ3n) is 4.46. The first-order valence-electron chi connectivity index (χ1n) is 8.33. The lowest BCUT2D eigenvalue weighted by atomic mass is 9.95. The lowest BCUT2D eigenvalue weighted by Gasteiger charge is -2.14. The topological polar surface area (TPSA) is 12.0 Å². The molecular weight excluding hydrogens is 323 g/mol. The summed E-state index contributed by atoms with van der Waals surface area (Å²) in [5, 5.41) is 5.64. The molecule has 130 valence electrons.